The zero-order chi connectivity index (χ0) is 14.9. The van der Waals surface area contributed by atoms with Crippen LogP contribution >= 0.6 is 11.6 Å². The molecule has 2 aromatic rings. The summed E-state index contributed by atoms with van der Waals surface area (Å²) in [5.41, 5.74) is 8.09. The molecule has 0 aliphatic heterocycles. The minimum absolute atomic E-state index is 0.602. The number of hydrogen-bond donors (Lipinski definition) is 1. The molecule has 0 saturated heterocycles. The molecule has 112 valence electrons. The molecular formula is C18H22ClNO. The van der Waals surface area contributed by atoms with E-state index in [0.717, 1.165) is 48.6 Å². The number of unbranched alkanes of at least 4 members (excludes halogenated alkanes) is 1. The van der Waals surface area contributed by atoms with Crippen molar-refractivity contribution in [2.75, 3.05) is 13.2 Å². The van der Waals surface area contributed by atoms with Crippen molar-refractivity contribution in [3.05, 3.63) is 64.7 Å². The molecule has 0 unspecified atom stereocenters. The van der Waals surface area contributed by atoms with E-state index in [9.17, 15) is 0 Å². The molecule has 0 heterocycles. The summed E-state index contributed by atoms with van der Waals surface area (Å²) < 4.78 is 5.87. The van der Waals surface area contributed by atoms with Gasteiger partial charge in [0.05, 0.1) is 6.61 Å². The lowest BCUT2D eigenvalue weighted by Gasteiger charge is -2.11. The highest BCUT2D eigenvalue weighted by Crippen LogP contribution is 2.23. The van der Waals surface area contributed by atoms with Gasteiger partial charge in [-0.3, -0.25) is 0 Å². The molecule has 21 heavy (non-hydrogen) atoms. The predicted molar refractivity (Wildman–Crippen MR) is 89.1 cm³/mol. The lowest BCUT2D eigenvalue weighted by molar-refractivity contribution is 0.304. The molecule has 0 aliphatic rings. The van der Waals surface area contributed by atoms with Crippen LogP contribution in [0.4, 0.5) is 0 Å². The van der Waals surface area contributed by atoms with Crippen molar-refractivity contribution in [2.45, 2.75) is 25.7 Å². The Bertz CT molecular complexity index is 542. The van der Waals surface area contributed by atoms with Crippen LogP contribution in [0.1, 0.15) is 24.0 Å². The fourth-order valence-corrected chi connectivity index (χ4v) is 2.49. The second-order valence-electron chi connectivity index (χ2n) is 5.08. The minimum Gasteiger partial charge on any atom is -0.493 e. The summed E-state index contributed by atoms with van der Waals surface area (Å²) in [6.07, 6.45) is 4.06. The quantitative estimate of drug-likeness (QED) is 0.740. The van der Waals surface area contributed by atoms with Crippen LogP contribution in [0.2, 0.25) is 5.02 Å². The van der Waals surface area contributed by atoms with Crippen molar-refractivity contribution in [1.82, 2.24) is 0 Å². The van der Waals surface area contributed by atoms with Gasteiger partial charge in [-0.25, -0.2) is 0 Å². The van der Waals surface area contributed by atoms with E-state index in [-0.39, 0.29) is 0 Å². The molecule has 0 aromatic heterocycles. The summed E-state index contributed by atoms with van der Waals surface area (Å²) in [7, 11) is 0. The number of hydrogen-bond acceptors (Lipinski definition) is 2. The number of nitrogens with two attached hydrogens (primary N) is 1. The van der Waals surface area contributed by atoms with E-state index < -0.39 is 0 Å². The molecule has 0 amide bonds. The molecule has 0 fully saturated rings. The normalized spacial score (nSPS) is 10.6. The van der Waals surface area contributed by atoms with E-state index in [2.05, 4.69) is 24.3 Å². The zero-order valence-electron chi connectivity index (χ0n) is 12.2. The first-order valence-electron chi connectivity index (χ1n) is 7.45. The lowest BCUT2D eigenvalue weighted by Crippen LogP contribution is -2.06. The standard InChI is InChI=1S/C18H22ClNO/c19-17-9-10-18(16(14-17)11-12-20)21-13-5-4-8-15-6-2-1-3-7-15/h1-3,6-7,9-10,14H,4-5,8,11-13,20H2. The molecule has 0 spiro atoms. The van der Waals surface area contributed by atoms with Crippen LogP contribution in [0.25, 0.3) is 0 Å². The summed E-state index contributed by atoms with van der Waals surface area (Å²) in [5.74, 6) is 0.907. The second-order valence-corrected chi connectivity index (χ2v) is 5.52. The molecule has 0 saturated carbocycles. The van der Waals surface area contributed by atoms with E-state index in [4.69, 9.17) is 22.1 Å². The van der Waals surface area contributed by atoms with Crippen LogP contribution in [-0.4, -0.2) is 13.2 Å². The van der Waals surface area contributed by atoms with Crippen LogP contribution in [0.15, 0.2) is 48.5 Å². The van der Waals surface area contributed by atoms with E-state index in [0.29, 0.717) is 6.54 Å². The van der Waals surface area contributed by atoms with Gasteiger partial charge in [-0.1, -0.05) is 41.9 Å². The van der Waals surface area contributed by atoms with E-state index in [1.165, 1.54) is 5.56 Å². The molecule has 3 heteroatoms. The SMILES string of the molecule is NCCc1cc(Cl)ccc1OCCCCc1ccccc1. The summed E-state index contributed by atoms with van der Waals surface area (Å²) >= 11 is 6.01. The first-order valence-corrected chi connectivity index (χ1v) is 7.82. The topological polar surface area (TPSA) is 35.2 Å². The van der Waals surface area contributed by atoms with E-state index >= 15 is 0 Å². The first kappa shape index (κ1) is 15.9. The van der Waals surface area contributed by atoms with Crippen LogP contribution in [-0.2, 0) is 12.8 Å². The average Bonchev–Trinajstić information content (AvgIpc) is 2.50. The van der Waals surface area contributed by atoms with E-state index in [1.807, 2.05) is 24.3 Å². The van der Waals surface area contributed by atoms with Crippen molar-refractivity contribution >= 4 is 11.6 Å². The number of halogens is 1. The molecule has 2 nitrogen and oxygen atoms in total. The van der Waals surface area contributed by atoms with Gasteiger partial charge in [0.25, 0.3) is 0 Å². The van der Waals surface area contributed by atoms with Crippen LogP contribution < -0.4 is 10.5 Å². The highest BCUT2D eigenvalue weighted by atomic mass is 35.5. The average molecular weight is 304 g/mol. The smallest absolute Gasteiger partial charge is 0.122 e. The van der Waals surface area contributed by atoms with Gasteiger partial charge in [0.1, 0.15) is 5.75 Å². The maximum absolute atomic E-state index is 6.01. The first-order chi connectivity index (χ1) is 10.3. The van der Waals surface area contributed by atoms with Crippen molar-refractivity contribution in [2.24, 2.45) is 5.73 Å². The number of ether oxygens (including phenoxy) is 1. The Morgan fingerprint density at radius 3 is 2.52 bits per heavy atom. The van der Waals surface area contributed by atoms with E-state index in [1.54, 1.807) is 0 Å². The molecule has 0 radical (unpaired) electrons. The summed E-state index contributed by atoms with van der Waals surface area (Å²) in [4.78, 5) is 0. The molecule has 2 rings (SSSR count). The summed E-state index contributed by atoms with van der Waals surface area (Å²) in [6.45, 7) is 1.33. The maximum Gasteiger partial charge on any atom is 0.122 e. The fraction of sp³-hybridized carbons (Fsp3) is 0.333. The van der Waals surface area contributed by atoms with Crippen LogP contribution in [0.3, 0.4) is 0 Å². The Hall–Kier alpha value is -1.51. The Labute approximate surface area is 131 Å². The van der Waals surface area contributed by atoms with Crippen molar-refractivity contribution in [1.29, 1.82) is 0 Å². The molecule has 0 bridgehead atoms. The third kappa shape index (κ3) is 5.41. The van der Waals surface area contributed by atoms with Gasteiger partial charge in [-0.15, -0.1) is 0 Å². The van der Waals surface area contributed by atoms with Gasteiger partial charge in [0, 0.05) is 5.02 Å². The number of benzene rings is 2. The largest absolute Gasteiger partial charge is 0.493 e. The van der Waals surface area contributed by atoms with Crippen molar-refractivity contribution < 1.29 is 4.74 Å². The maximum atomic E-state index is 6.01. The van der Waals surface area contributed by atoms with Gasteiger partial charge >= 0.3 is 0 Å². The van der Waals surface area contributed by atoms with Gasteiger partial charge < -0.3 is 10.5 Å². The highest BCUT2D eigenvalue weighted by molar-refractivity contribution is 6.30. The Kier molecular flexibility index (Phi) is 6.58. The number of aryl methyl sites for hydroxylation is 1. The van der Waals surface area contributed by atoms with Gasteiger partial charge in [0.2, 0.25) is 0 Å². The molecule has 2 N–H and O–H groups in total. The van der Waals surface area contributed by atoms with Crippen molar-refractivity contribution in [3.8, 4) is 5.75 Å². The van der Waals surface area contributed by atoms with Crippen LogP contribution in [0, 0.1) is 0 Å². The highest BCUT2D eigenvalue weighted by Gasteiger charge is 2.04. The third-order valence-corrected chi connectivity index (χ3v) is 3.63. The van der Waals surface area contributed by atoms with Crippen molar-refractivity contribution in [3.63, 3.8) is 0 Å². The van der Waals surface area contributed by atoms with Gasteiger partial charge in [-0.2, -0.15) is 0 Å². The monoisotopic (exact) mass is 303 g/mol. The zero-order valence-corrected chi connectivity index (χ0v) is 13.0. The molecule has 0 aliphatic carbocycles. The summed E-state index contributed by atoms with van der Waals surface area (Å²) in [5, 5.41) is 0.731. The Balaban J connectivity index is 1.75. The fourth-order valence-electron chi connectivity index (χ4n) is 2.30. The lowest BCUT2D eigenvalue weighted by atomic mass is 10.1. The van der Waals surface area contributed by atoms with Gasteiger partial charge in [-0.05, 0) is 61.6 Å². The predicted octanol–water partition coefficient (Wildman–Crippen LogP) is 4.24. The Morgan fingerprint density at radius 1 is 0.952 bits per heavy atom. The second kappa shape index (κ2) is 8.71. The third-order valence-electron chi connectivity index (χ3n) is 3.40. The molecule has 2 aromatic carbocycles. The van der Waals surface area contributed by atoms with Crippen LogP contribution in [0.5, 0.6) is 5.75 Å². The molecular weight excluding hydrogens is 282 g/mol. The summed E-state index contributed by atoms with van der Waals surface area (Å²) in [6, 6.07) is 16.3. The molecule has 0 atom stereocenters. The van der Waals surface area contributed by atoms with Gasteiger partial charge in [0.15, 0.2) is 0 Å². The number of rotatable bonds is 8. The minimum atomic E-state index is 0.602. The Morgan fingerprint density at radius 2 is 1.76 bits per heavy atom.